The number of nitrogens with one attached hydrogen (secondary N) is 7. The molecule has 0 aromatic rings. The van der Waals surface area contributed by atoms with E-state index in [-0.39, 0.29) is 77.1 Å². The van der Waals surface area contributed by atoms with Crippen molar-refractivity contribution in [2.24, 2.45) is 45.1 Å². The summed E-state index contributed by atoms with van der Waals surface area (Å²) in [5, 5.41) is 37.8. The van der Waals surface area contributed by atoms with Crippen molar-refractivity contribution in [3.63, 3.8) is 0 Å². The van der Waals surface area contributed by atoms with E-state index in [1.54, 1.807) is 6.92 Å². The number of aliphatic carboxylic acids is 1. The van der Waals surface area contributed by atoms with E-state index in [4.69, 9.17) is 40.1 Å². The third-order valence-corrected chi connectivity index (χ3v) is 12.0. The molecule has 0 bridgehead atoms. The minimum atomic E-state index is -1.56. The van der Waals surface area contributed by atoms with Crippen LogP contribution in [0.25, 0.3) is 0 Å². The van der Waals surface area contributed by atoms with Crippen molar-refractivity contribution in [1.29, 1.82) is 0 Å². The largest absolute Gasteiger partial charge is 0.477 e. The number of guanidine groups is 1. The number of carboxylic acids is 1. The number of hydrogen-bond donors (Lipinski definition) is 16. The van der Waals surface area contributed by atoms with Gasteiger partial charge in [0.1, 0.15) is 41.9 Å². The quantitative estimate of drug-likeness (QED) is 0.00930. The number of carbonyl (C=O) groups excluding carboxylic acids is 8. The van der Waals surface area contributed by atoms with Crippen molar-refractivity contribution < 1.29 is 53.4 Å². The van der Waals surface area contributed by atoms with Gasteiger partial charge in [-0.15, -0.1) is 0 Å². The first kappa shape index (κ1) is 67.2. The zero-order chi connectivity index (χ0) is 57.5. The average Bonchev–Trinajstić information content (AvgIpc) is 3.87. The Morgan fingerprint density at radius 2 is 1.39 bits per heavy atom. The summed E-state index contributed by atoms with van der Waals surface area (Å²) in [7, 11) is 0. The number of amides is 8. The third kappa shape index (κ3) is 24.7. The van der Waals surface area contributed by atoms with Crippen molar-refractivity contribution in [3.05, 3.63) is 47.2 Å². The molecule has 0 aromatic heterocycles. The normalized spacial score (nSPS) is 16.4. The number of carboxylic acid groups (broad SMARTS) is 1. The van der Waals surface area contributed by atoms with Crippen LogP contribution in [0.1, 0.15) is 105 Å². The molecule has 76 heavy (non-hydrogen) atoms. The average molecular weight is 1080 g/mol. The van der Waals surface area contributed by atoms with E-state index in [1.807, 2.05) is 19.9 Å². The molecule has 0 saturated carbocycles. The van der Waals surface area contributed by atoms with E-state index in [1.165, 1.54) is 24.0 Å². The van der Waals surface area contributed by atoms with Crippen LogP contribution < -0.4 is 77.4 Å². The zero-order valence-corrected chi connectivity index (χ0v) is 44.5. The Balaban J connectivity index is 3.37. The maximum absolute atomic E-state index is 14.4. The molecular weight excluding hydrogens is 989 g/mol. The molecule has 1 aliphatic heterocycles. The number of nitrogens with zero attached hydrogens (tertiary/aromatic N) is 2. The fourth-order valence-electron chi connectivity index (χ4n) is 7.87. The Labute approximate surface area is 444 Å². The van der Waals surface area contributed by atoms with E-state index in [9.17, 15) is 53.4 Å². The molecule has 1 rings (SSSR count). The van der Waals surface area contributed by atoms with Crippen LogP contribution in [-0.4, -0.2) is 169 Å². The van der Waals surface area contributed by atoms with Gasteiger partial charge in [0.05, 0.1) is 18.7 Å². The fraction of sp³-hybridized carbons (Fsp3) is 0.633. The van der Waals surface area contributed by atoms with Crippen molar-refractivity contribution >= 4 is 59.2 Å². The van der Waals surface area contributed by atoms with Gasteiger partial charge in [0.15, 0.2) is 5.96 Å². The topological polar surface area (TPSA) is 476 Å². The summed E-state index contributed by atoms with van der Waals surface area (Å²) in [5.41, 5.74) is 41.0. The Kier molecular flexibility index (Phi) is 32.1. The molecule has 1 aliphatic rings. The van der Waals surface area contributed by atoms with Gasteiger partial charge in [-0.05, 0) is 123 Å². The summed E-state index contributed by atoms with van der Waals surface area (Å²) >= 11 is 0. The predicted molar refractivity (Wildman–Crippen MR) is 286 cm³/mol. The molecule has 27 nitrogen and oxygen atoms in total. The molecule has 23 N–H and O–H groups in total. The van der Waals surface area contributed by atoms with E-state index < -0.39 is 120 Å². The van der Waals surface area contributed by atoms with Crippen LogP contribution in [0.15, 0.2) is 52.2 Å². The van der Waals surface area contributed by atoms with Gasteiger partial charge < -0.3 is 92.5 Å². The molecule has 27 heteroatoms. The number of aliphatic imine (C=N–C) groups is 1. The lowest BCUT2D eigenvalue weighted by Gasteiger charge is -2.30. The van der Waals surface area contributed by atoms with Crippen molar-refractivity contribution in [2.75, 3.05) is 45.8 Å². The second-order valence-corrected chi connectivity index (χ2v) is 18.6. The standard InChI is InChI=1S/C49H86N16O11/c1-6-31(29(4)24-28(2)3)25-36(44(71)61-33(15-8-10-20-51)43(70)62-35(48(75)76)17-12-22-57-49(55)56)63-45(72)37-18-13-23-65(37)47(74)34(16-11-21-52)60-39(67)27-58-41(68)30(5)59-46(73)40(38(66)26-53)64-42(69)32(54)14-7-9-19-50/h6,17,24,30,32-34,36-38,40,66H,1,7-16,18-23,25-27,50-54H2,2-5H3,(H,58,68)(H,59,73)(H,60,67)(H,61,71)(H,62,70)(H,63,72)(H,64,69)(H,75,76)(H4,55,56,57)/b31-29+,35-17-/t30-,32-,33-,34+,36-,37-,38-,40-/m0/s1. The minimum Gasteiger partial charge on any atom is -0.477 e. The number of aliphatic hydroxyl groups excluding tert-OH is 1. The summed E-state index contributed by atoms with van der Waals surface area (Å²) < 4.78 is 0. The Morgan fingerprint density at radius 1 is 0.763 bits per heavy atom. The van der Waals surface area contributed by atoms with Gasteiger partial charge in [-0.3, -0.25) is 43.3 Å². The lowest BCUT2D eigenvalue weighted by atomic mass is 9.98. The van der Waals surface area contributed by atoms with E-state index in [2.05, 4.69) is 48.8 Å². The monoisotopic (exact) mass is 1070 g/mol. The van der Waals surface area contributed by atoms with E-state index >= 15 is 0 Å². The highest BCUT2D eigenvalue weighted by Gasteiger charge is 2.40. The van der Waals surface area contributed by atoms with Crippen LogP contribution >= 0.6 is 0 Å². The van der Waals surface area contributed by atoms with Crippen LogP contribution in [0.2, 0.25) is 0 Å². The number of unbranched alkanes of at least 4 members (excludes halogenated alkanes) is 2. The first-order valence-electron chi connectivity index (χ1n) is 25.6. The van der Waals surface area contributed by atoms with Gasteiger partial charge in [-0.1, -0.05) is 36.8 Å². The van der Waals surface area contributed by atoms with Crippen molar-refractivity contribution in [2.45, 2.75) is 153 Å². The van der Waals surface area contributed by atoms with E-state index in [0.717, 1.165) is 11.1 Å². The third-order valence-electron chi connectivity index (χ3n) is 12.0. The zero-order valence-electron chi connectivity index (χ0n) is 44.5. The van der Waals surface area contributed by atoms with Gasteiger partial charge in [0, 0.05) is 26.1 Å². The number of allylic oxidation sites excluding steroid dienone is 4. The van der Waals surface area contributed by atoms with Crippen LogP contribution in [0.5, 0.6) is 0 Å². The number of likely N-dealkylation sites (tertiary alicyclic amines) is 1. The second kappa shape index (κ2) is 36.2. The summed E-state index contributed by atoms with van der Waals surface area (Å²) in [5.74, 6) is -7.97. The van der Waals surface area contributed by atoms with Crippen LogP contribution in [0.4, 0.5) is 0 Å². The molecule has 0 spiro atoms. The molecule has 0 aliphatic carbocycles. The van der Waals surface area contributed by atoms with Crippen molar-refractivity contribution in [1.82, 2.24) is 42.1 Å². The molecule has 1 fully saturated rings. The fourth-order valence-corrected chi connectivity index (χ4v) is 7.87. The van der Waals surface area contributed by atoms with Gasteiger partial charge in [0.2, 0.25) is 47.3 Å². The Morgan fingerprint density at radius 3 is 1.97 bits per heavy atom. The number of rotatable bonds is 36. The first-order valence-corrected chi connectivity index (χ1v) is 25.6. The second-order valence-electron chi connectivity index (χ2n) is 18.6. The van der Waals surface area contributed by atoms with E-state index in [0.29, 0.717) is 44.2 Å². The highest BCUT2D eigenvalue weighted by molar-refractivity contribution is 5.99. The molecule has 0 radical (unpaired) electrons. The van der Waals surface area contributed by atoms with Crippen LogP contribution in [-0.2, 0) is 43.2 Å². The van der Waals surface area contributed by atoms with Gasteiger partial charge in [-0.25, -0.2) is 4.79 Å². The molecule has 8 amide bonds. The molecule has 0 aromatic carbocycles. The molecule has 1 heterocycles. The molecule has 428 valence electrons. The Hall–Kier alpha value is -6.78. The van der Waals surface area contributed by atoms with Gasteiger partial charge >= 0.3 is 5.97 Å². The highest BCUT2D eigenvalue weighted by Crippen LogP contribution is 2.22. The number of nitrogens with two attached hydrogens (primary N) is 7. The van der Waals surface area contributed by atoms with Crippen LogP contribution in [0.3, 0.4) is 0 Å². The summed E-state index contributed by atoms with van der Waals surface area (Å²) in [6.07, 6.45) is 6.21. The molecule has 1 saturated heterocycles. The number of carbonyl (C=O) groups is 9. The van der Waals surface area contributed by atoms with Crippen molar-refractivity contribution in [3.8, 4) is 0 Å². The van der Waals surface area contributed by atoms with Crippen LogP contribution in [0, 0.1) is 0 Å². The maximum atomic E-state index is 14.4. The smallest absolute Gasteiger partial charge is 0.352 e. The maximum Gasteiger partial charge on any atom is 0.352 e. The van der Waals surface area contributed by atoms with Gasteiger partial charge in [-0.2, -0.15) is 0 Å². The highest BCUT2D eigenvalue weighted by atomic mass is 16.4. The number of hydrogen-bond acceptors (Lipinski definition) is 16. The summed E-state index contributed by atoms with van der Waals surface area (Å²) in [4.78, 5) is 126. The molecule has 8 atom stereocenters. The van der Waals surface area contributed by atoms with Gasteiger partial charge in [0.25, 0.3) is 0 Å². The molecule has 0 unspecified atom stereocenters. The lowest BCUT2D eigenvalue weighted by Crippen LogP contribution is -2.60. The SMILES string of the molecule is C=C/C(C[C@H](NC(=O)[C@@H]1CCCN1C(=O)[C@@H](CCCN)NC(=O)CNC(=O)[C@H](C)NC(=O)[C@@H](NC(=O)[C@@H](N)CCCCN)[C@@H](O)CN)C(=O)N[C@@H](CCCCN)C(=O)N/C(=C\CCN=C(N)N)C(=O)O)=C(/C)C=C(C)C. The number of aliphatic hydroxyl groups is 1. The first-order chi connectivity index (χ1) is 36.0. The Bertz CT molecular complexity index is 2110. The lowest BCUT2D eigenvalue weighted by molar-refractivity contribution is -0.142. The summed E-state index contributed by atoms with van der Waals surface area (Å²) in [6, 6.07) is -8.84. The minimum absolute atomic E-state index is 0.0402. The predicted octanol–water partition coefficient (Wildman–Crippen LogP) is -4.21. The molecular formula is C49H86N16O11. The summed E-state index contributed by atoms with van der Waals surface area (Å²) in [6.45, 7) is 10.6.